The maximum atomic E-state index is 12.9. The molecule has 3 heterocycles. The highest BCUT2D eigenvalue weighted by molar-refractivity contribution is 7.16. The van der Waals surface area contributed by atoms with Gasteiger partial charge in [0.2, 0.25) is 0 Å². The van der Waals surface area contributed by atoms with Crippen LogP contribution in [0.25, 0.3) is 0 Å². The van der Waals surface area contributed by atoms with Gasteiger partial charge in [-0.25, -0.2) is 0 Å². The molecule has 0 radical (unpaired) electrons. The second-order valence-electron chi connectivity index (χ2n) is 6.72. The van der Waals surface area contributed by atoms with Crippen LogP contribution < -0.4 is 20.1 Å². The molecule has 2 aromatic rings. The van der Waals surface area contributed by atoms with Crippen molar-refractivity contribution < 1.29 is 14.3 Å². The molecule has 0 saturated carbocycles. The summed E-state index contributed by atoms with van der Waals surface area (Å²) in [6.07, 6.45) is 0.656. The van der Waals surface area contributed by atoms with Crippen molar-refractivity contribution in [2.75, 3.05) is 32.1 Å². The average molecular weight is 388 g/mol. The number of carbonyl (C=O) groups is 1. The maximum absolute atomic E-state index is 12.9. The predicted molar refractivity (Wildman–Crippen MR) is 107 cm³/mol. The van der Waals surface area contributed by atoms with Crippen LogP contribution in [-0.4, -0.2) is 37.6 Å². The normalized spacial score (nSPS) is 18.9. The van der Waals surface area contributed by atoms with Gasteiger partial charge in [0.25, 0.3) is 5.91 Å². The summed E-state index contributed by atoms with van der Waals surface area (Å²) >= 11 is 1.71. The van der Waals surface area contributed by atoms with E-state index in [9.17, 15) is 4.79 Å². The molecule has 0 aliphatic carbocycles. The molecule has 0 saturated heterocycles. The van der Waals surface area contributed by atoms with Crippen molar-refractivity contribution >= 4 is 22.2 Å². The molecule has 0 bridgehead atoms. The van der Waals surface area contributed by atoms with E-state index in [-0.39, 0.29) is 12.1 Å². The van der Waals surface area contributed by atoms with Gasteiger partial charge in [0, 0.05) is 18.0 Å². The number of amides is 1. The molecule has 2 N–H and O–H groups in total. The van der Waals surface area contributed by atoms with Gasteiger partial charge in [-0.05, 0) is 43.1 Å². The fraction of sp³-hybridized carbons (Fsp3) is 0.450. The lowest BCUT2D eigenvalue weighted by atomic mass is 10.0. The molecule has 1 aromatic heterocycles. The van der Waals surface area contributed by atoms with Crippen LogP contribution in [-0.2, 0) is 13.0 Å². The molecule has 1 aromatic carbocycles. The zero-order valence-electron chi connectivity index (χ0n) is 15.9. The number of ether oxygens (including phenoxy) is 2. The molecule has 2 aliphatic rings. The number of likely N-dealkylation sites (N-methyl/N-ethyl adjacent to an activating group) is 1. The number of anilines is 1. The van der Waals surface area contributed by atoms with E-state index in [1.54, 1.807) is 18.4 Å². The standard InChI is InChI=1S/C20H25N3O3S/c1-4-23-9-8-13-16(11-23)27-20-17(13)19(24)21-18(22-20)12-6-7-14(25-3)15(10-12)26-5-2/h6-7,10,18,22H,4-5,8-9,11H2,1-3H3,(H,21,24)/t18-/m1/s1. The summed E-state index contributed by atoms with van der Waals surface area (Å²) in [7, 11) is 1.63. The van der Waals surface area contributed by atoms with Crippen molar-refractivity contribution in [2.24, 2.45) is 0 Å². The Kier molecular flexibility index (Phi) is 4.97. The number of nitrogens with one attached hydrogen (secondary N) is 2. The van der Waals surface area contributed by atoms with Crippen LogP contribution in [0.3, 0.4) is 0 Å². The number of hydrogen-bond donors (Lipinski definition) is 2. The van der Waals surface area contributed by atoms with E-state index in [0.29, 0.717) is 18.1 Å². The number of thiophene rings is 1. The first kappa shape index (κ1) is 18.1. The van der Waals surface area contributed by atoms with Gasteiger partial charge >= 0.3 is 0 Å². The Balaban J connectivity index is 1.63. The topological polar surface area (TPSA) is 62.8 Å². The Morgan fingerprint density at radius 2 is 2.11 bits per heavy atom. The second kappa shape index (κ2) is 7.40. The lowest BCUT2D eigenvalue weighted by Gasteiger charge is -2.28. The number of hydrogen-bond acceptors (Lipinski definition) is 6. The van der Waals surface area contributed by atoms with Crippen molar-refractivity contribution in [3.05, 3.63) is 39.8 Å². The molecule has 1 atom stereocenters. The number of carbonyl (C=O) groups excluding carboxylic acids is 1. The maximum Gasteiger partial charge on any atom is 0.256 e. The van der Waals surface area contributed by atoms with Gasteiger partial charge in [0.15, 0.2) is 11.5 Å². The molecular formula is C20H25N3O3S. The number of nitrogens with zero attached hydrogens (tertiary/aromatic N) is 1. The lowest BCUT2D eigenvalue weighted by molar-refractivity contribution is 0.0934. The number of methoxy groups -OCH3 is 1. The third kappa shape index (κ3) is 3.26. The molecule has 27 heavy (non-hydrogen) atoms. The van der Waals surface area contributed by atoms with Gasteiger partial charge < -0.3 is 20.1 Å². The average Bonchev–Trinajstić information content (AvgIpc) is 3.06. The van der Waals surface area contributed by atoms with E-state index < -0.39 is 0 Å². The van der Waals surface area contributed by atoms with Gasteiger partial charge in [-0.15, -0.1) is 11.3 Å². The van der Waals surface area contributed by atoms with E-state index in [2.05, 4.69) is 22.5 Å². The molecule has 0 fully saturated rings. The van der Waals surface area contributed by atoms with E-state index in [1.807, 2.05) is 25.1 Å². The van der Waals surface area contributed by atoms with E-state index >= 15 is 0 Å². The summed E-state index contributed by atoms with van der Waals surface area (Å²) in [5.74, 6) is 1.38. The zero-order chi connectivity index (χ0) is 19.0. The highest BCUT2D eigenvalue weighted by Crippen LogP contribution is 2.41. The Labute approximate surface area is 163 Å². The fourth-order valence-corrected chi connectivity index (χ4v) is 5.06. The minimum absolute atomic E-state index is 0.00461. The van der Waals surface area contributed by atoms with Crippen LogP contribution in [0.2, 0.25) is 0 Å². The summed E-state index contributed by atoms with van der Waals surface area (Å²) in [4.78, 5) is 16.6. The van der Waals surface area contributed by atoms with E-state index in [4.69, 9.17) is 9.47 Å². The molecule has 2 aliphatic heterocycles. The molecule has 4 rings (SSSR count). The molecule has 1 amide bonds. The van der Waals surface area contributed by atoms with Crippen LogP contribution >= 0.6 is 11.3 Å². The Morgan fingerprint density at radius 1 is 1.26 bits per heavy atom. The van der Waals surface area contributed by atoms with Crippen molar-refractivity contribution in [2.45, 2.75) is 33.0 Å². The Morgan fingerprint density at radius 3 is 2.85 bits per heavy atom. The molecule has 6 nitrogen and oxygen atoms in total. The fourth-order valence-electron chi connectivity index (χ4n) is 3.75. The molecule has 0 unspecified atom stereocenters. The predicted octanol–water partition coefficient (Wildman–Crippen LogP) is 3.39. The van der Waals surface area contributed by atoms with Gasteiger partial charge in [-0.1, -0.05) is 13.0 Å². The zero-order valence-corrected chi connectivity index (χ0v) is 16.7. The van der Waals surface area contributed by atoms with Crippen LogP contribution in [0.4, 0.5) is 5.00 Å². The van der Waals surface area contributed by atoms with Crippen LogP contribution in [0.1, 0.15) is 46.4 Å². The SMILES string of the molecule is CCOc1cc([C@@H]2NC(=O)c3c(sc4c3CCN(CC)C4)N2)ccc1OC. The first-order valence-electron chi connectivity index (χ1n) is 9.39. The van der Waals surface area contributed by atoms with Gasteiger partial charge in [0.05, 0.1) is 19.3 Å². The minimum Gasteiger partial charge on any atom is -0.493 e. The monoisotopic (exact) mass is 387 g/mol. The number of fused-ring (bicyclic) bond motifs is 3. The van der Waals surface area contributed by atoms with Gasteiger partial charge in [-0.3, -0.25) is 9.69 Å². The summed E-state index contributed by atoms with van der Waals surface area (Å²) in [5.41, 5.74) is 2.99. The first-order chi connectivity index (χ1) is 13.1. The van der Waals surface area contributed by atoms with Crippen molar-refractivity contribution in [3.8, 4) is 11.5 Å². The molecule has 7 heteroatoms. The van der Waals surface area contributed by atoms with E-state index in [0.717, 1.165) is 42.2 Å². The van der Waals surface area contributed by atoms with Crippen molar-refractivity contribution in [1.29, 1.82) is 0 Å². The quantitative estimate of drug-likeness (QED) is 0.823. The Bertz CT molecular complexity index is 864. The first-order valence-corrected chi connectivity index (χ1v) is 10.2. The highest BCUT2D eigenvalue weighted by Gasteiger charge is 2.33. The van der Waals surface area contributed by atoms with Crippen molar-refractivity contribution in [1.82, 2.24) is 10.2 Å². The van der Waals surface area contributed by atoms with Gasteiger partial charge in [-0.2, -0.15) is 0 Å². The molecular weight excluding hydrogens is 362 g/mol. The number of benzene rings is 1. The smallest absolute Gasteiger partial charge is 0.256 e. The van der Waals surface area contributed by atoms with Crippen LogP contribution in [0, 0.1) is 0 Å². The molecule has 144 valence electrons. The highest BCUT2D eigenvalue weighted by atomic mass is 32.1. The van der Waals surface area contributed by atoms with Crippen LogP contribution in [0.5, 0.6) is 11.5 Å². The van der Waals surface area contributed by atoms with E-state index in [1.165, 1.54) is 10.4 Å². The molecule has 0 spiro atoms. The summed E-state index contributed by atoms with van der Waals surface area (Å²) < 4.78 is 11.0. The summed E-state index contributed by atoms with van der Waals surface area (Å²) in [5, 5.41) is 7.59. The second-order valence-corrected chi connectivity index (χ2v) is 7.83. The largest absolute Gasteiger partial charge is 0.493 e. The lowest BCUT2D eigenvalue weighted by Crippen LogP contribution is -2.38. The minimum atomic E-state index is -0.280. The number of rotatable bonds is 5. The van der Waals surface area contributed by atoms with Crippen molar-refractivity contribution in [3.63, 3.8) is 0 Å². The Hall–Kier alpha value is -2.25. The summed E-state index contributed by atoms with van der Waals surface area (Å²) in [6, 6.07) is 5.76. The third-order valence-corrected chi connectivity index (χ3v) is 6.33. The third-order valence-electron chi connectivity index (χ3n) is 5.18. The summed E-state index contributed by atoms with van der Waals surface area (Å²) in [6.45, 7) is 7.66. The van der Waals surface area contributed by atoms with Gasteiger partial charge in [0.1, 0.15) is 11.2 Å². The van der Waals surface area contributed by atoms with Crippen LogP contribution in [0.15, 0.2) is 18.2 Å².